The lowest BCUT2D eigenvalue weighted by atomic mass is 9.90. The summed E-state index contributed by atoms with van der Waals surface area (Å²) in [6.45, 7) is 6.42. The lowest BCUT2D eigenvalue weighted by Crippen LogP contribution is -2.11. The van der Waals surface area contributed by atoms with Crippen LogP contribution in [0.25, 0.3) is 0 Å². The van der Waals surface area contributed by atoms with Crippen LogP contribution >= 0.6 is 0 Å². The third kappa shape index (κ3) is 3.70. The minimum Gasteiger partial charge on any atom is -0.465 e. The topological polar surface area (TPSA) is 39.2 Å². The summed E-state index contributed by atoms with van der Waals surface area (Å²) < 4.78 is 4.65. The second-order valence-corrected chi connectivity index (χ2v) is 4.76. The first kappa shape index (κ1) is 11.7. The van der Waals surface area contributed by atoms with Crippen LogP contribution in [0.4, 0.5) is 0 Å². The molecule has 0 N–H and O–H groups in total. The Morgan fingerprint density at radius 1 is 1.47 bits per heavy atom. The van der Waals surface area contributed by atoms with E-state index in [9.17, 15) is 4.79 Å². The Morgan fingerprint density at radius 2 is 2.13 bits per heavy atom. The Morgan fingerprint density at radius 3 is 2.67 bits per heavy atom. The van der Waals surface area contributed by atoms with Gasteiger partial charge in [-0.1, -0.05) is 20.8 Å². The molecule has 15 heavy (non-hydrogen) atoms. The SMILES string of the molecule is COC(=O)c1ccnc(CC(C)(C)C)c1. The van der Waals surface area contributed by atoms with Gasteiger partial charge in [0.25, 0.3) is 0 Å². The Hall–Kier alpha value is -1.38. The van der Waals surface area contributed by atoms with Gasteiger partial charge in [-0.25, -0.2) is 4.79 Å². The van der Waals surface area contributed by atoms with Crippen LogP contribution in [0.2, 0.25) is 0 Å². The van der Waals surface area contributed by atoms with Gasteiger partial charge >= 0.3 is 5.97 Å². The summed E-state index contributed by atoms with van der Waals surface area (Å²) in [5.41, 5.74) is 1.65. The van der Waals surface area contributed by atoms with Crippen molar-refractivity contribution in [1.82, 2.24) is 4.98 Å². The first-order valence-electron chi connectivity index (χ1n) is 4.95. The van der Waals surface area contributed by atoms with Crippen molar-refractivity contribution < 1.29 is 9.53 Å². The van der Waals surface area contributed by atoms with E-state index in [0.717, 1.165) is 12.1 Å². The maximum atomic E-state index is 11.3. The highest BCUT2D eigenvalue weighted by Crippen LogP contribution is 2.19. The molecule has 0 saturated carbocycles. The van der Waals surface area contributed by atoms with E-state index < -0.39 is 0 Å². The van der Waals surface area contributed by atoms with Crippen LogP contribution in [-0.4, -0.2) is 18.1 Å². The van der Waals surface area contributed by atoms with Crippen molar-refractivity contribution in [2.75, 3.05) is 7.11 Å². The molecular formula is C12H17NO2. The smallest absolute Gasteiger partial charge is 0.337 e. The van der Waals surface area contributed by atoms with E-state index >= 15 is 0 Å². The van der Waals surface area contributed by atoms with Gasteiger partial charge in [-0.15, -0.1) is 0 Å². The van der Waals surface area contributed by atoms with E-state index in [1.165, 1.54) is 7.11 Å². The van der Waals surface area contributed by atoms with Crippen LogP contribution in [0.3, 0.4) is 0 Å². The summed E-state index contributed by atoms with van der Waals surface area (Å²) >= 11 is 0. The number of esters is 1. The van der Waals surface area contributed by atoms with E-state index in [0.29, 0.717) is 5.56 Å². The number of methoxy groups -OCH3 is 1. The summed E-state index contributed by atoms with van der Waals surface area (Å²) in [6.07, 6.45) is 2.49. The molecule has 0 aromatic carbocycles. The summed E-state index contributed by atoms with van der Waals surface area (Å²) in [6, 6.07) is 3.45. The lowest BCUT2D eigenvalue weighted by molar-refractivity contribution is 0.0600. The third-order valence-electron chi connectivity index (χ3n) is 1.95. The molecule has 0 aliphatic carbocycles. The number of aromatic nitrogens is 1. The van der Waals surface area contributed by atoms with E-state index in [1.807, 2.05) is 0 Å². The molecule has 3 heteroatoms. The molecule has 0 spiro atoms. The fourth-order valence-electron chi connectivity index (χ4n) is 1.36. The maximum absolute atomic E-state index is 11.3. The number of rotatable bonds is 2. The predicted molar refractivity (Wildman–Crippen MR) is 58.7 cm³/mol. The molecule has 0 amide bonds. The summed E-state index contributed by atoms with van der Waals surface area (Å²) in [4.78, 5) is 15.5. The molecule has 0 radical (unpaired) electrons. The van der Waals surface area contributed by atoms with Crippen LogP contribution in [-0.2, 0) is 11.2 Å². The van der Waals surface area contributed by atoms with Crippen LogP contribution in [0, 0.1) is 5.41 Å². The van der Waals surface area contributed by atoms with Crippen LogP contribution in [0.15, 0.2) is 18.3 Å². The molecule has 0 atom stereocenters. The van der Waals surface area contributed by atoms with Gasteiger partial charge in [0.1, 0.15) is 0 Å². The van der Waals surface area contributed by atoms with Crippen LogP contribution < -0.4 is 0 Å². The molecule has 1 rings (SSSR count). The van der Waals surface area contributed by atoms with Gasteiger partial charge in [0.2, 0.25) is 0 Å². The number of nitrogens with zero attached hydrogens (tertiary/aromatic N) is 1. The average molecular weight is 207 g/mol. The van der Waals surface area contributed by atoms with Crippen molar-refractivity contribution in [3.8, 4) is 0 Å². The molecule has 0 aliphatic heterocycles. The minimum absolute atomic E-state index is 0.168. The zero-order valence-corrected chi connectivity index (χ0v) is 9.70. The van der Waals surface area contributed by atoms with E-state index in [4.69, 9.17) is 0 Å². The first-order valence-corrected chi connectivity index (χ1v) is 4.95. The fraction of sp³-hybridized carbons (Fsp3) is 0.500. The Balaban J connectivity index is 2.88. The second kappa shape index (κ2) is 4.43. The van der Waals surface area contributed by atoms with E-state index in [1.54, 1.807) is 18.3 Å². The number of ether oxygens (including phenoxy) is 1. The van der Waals surface area contributed by atoms with E-state index in [-0.39, 0.29) is 11.4 Å². The number of carbonyl (C=O) groups is 1. The van der Waals surface area contributed by atoms with Gasteiger partial charge in [-0.05, 0) is 24.0 Å². The molecule has 0 fully saturated rings. The van der Waals surface area contributed by atoms with Gasteiger partial charge in [-0.2, -0.15) is 0 Å². The fourth-order valence-corrected chi connectivity index (χ4v) is 1.36. The second-order valence-electron chi connectivity index (χ2n) is 4.76. The normalized spacial score (nSPS) is 11.2. The molecule has 0 saturated heterocycles. The molecule has 82 valence electrons. The standard InChI is InChI=1S/C12H17NO2/c1-12(2,3)8-10-7-9(5-6-13-10)11(14)15-4/h5-7H,8H2,1-4H3. The monoisotopic (exact) mass is 207 g/mol. The quantitative estimate of drug-likeness (QED) is 0.699. The minimum atomic E-state index is -0.312. The number of carbonyl (C=O) groups excluding carboxylic acids is 1. The van der Waals surface area contributed by atoms with Crippen molar-refractivity contribution in [1.29, 1.82) is 0 Å². The molecule has 1 aromatic heterocycles. The van der Waals surface area contributed by atoms with Gasteiger partial charge in [-0.3, -0.25) is 4.98 Å². The van der Waals surface area contributed by atoms with E-state index in [2.05, 4.69) is 30.5 Å². The van der Waals surface area contributed by atoms with Crippen LogP contribution in [0.5, 0.6) is 0 Å². The molecule has 0 aliphatic rings. The molecular weight excluding hydrogens is 190 g/mol. The van der Waals surface area contributed by atoms with Crippen molar-refractivity contribution >= 4 is 5.97 Å². The molecule has 1 aromatic rings. The van der Waals surface area contributed by atoms with Crippen molar-refractivity contribution in [2.45, 2.75) is 27.2 Å². The highest BCUT2D eigenvalue weighted by Gasteiger charge is 2.14. The van der Waals surface area contributed by atoms with Crippen molar-refractivity contribution in [2.24, 2.45) is 5.41 Å². The summed E-state index contributed by atoms with van der Waals surface area (Å²) in [5, 5.41) is 0. The van der Waals surface area contributed by atoms with Crippen LogP contribution in [0.1, 0.15) is 36.8 Å². The zero-order chi connectivity index (χ0) is 11.5. The van der Waals surface area contributed by atoms with Gasteiger partial charge in [0.05, 0.1) is 12.7 Å². The predicted octanol–water partition coefficient (Wildman–Crippen LogP) is 2.46. The van der Waals surface area contributed by atoms with Gasteiger partial charge in [0.15, 0.2) is 0 Å². The Kier molecular flexibility index (Phi) is 3.45. The number of pyridine rings is 1. The maximum Gasteiger partial charge on any atom is 0.337 e. The molecule has 1 heterocycles. The first-order chi connectivity index (χ1) is 6.92. The Bertz CT molecular complexity index is 353. The highest BCUT2D eigenvalue weighted by atomic mass is 16.5. The zero-order valence-electron chi connectivity index (χ0n) is 9.70. The summed E-state index contributed by atoms with van der Waals surface area (Å²) in [7, 11) is 1.38. The van der Waals surface area contributed by atoms with Gasteiger partial charge in [0, 0.05) is 11.9 Å². The third-order valence-corrected chi connectivity index (χ3v) is 1.95. The number of hydrogen-bond acceptors (Lipinski definition) is 3. The largest absolute Gasteiger partial charge is 0.465 e. The molecule has 3 nitrogen and oxygen atoms in total. The Labute approximate surface area is 90.5 Å². The summed E-state index contributed by atoms with van der Waals surface area (Å²) in [5.74, 6) is -0.312. The van der Waals surface area contributed by atoms with Gasteiger partial charge < -0.3 is 4.74 Å². The molecule has 0 bridgehead atoms. The average Bonchev–Trinajstić information content (AvgIpc) is 2.14. The number of hydrogen-bond donors (Lipinski definition) is 0. The molecule has 0 unspecified atom stereocenters. The van der Waals surface area contributed by atoms with Crippen molar-refractivity contribution in [3.05, 3.63) is 29.6 Å². The van der Waals surface area contributed by atoms with Crippen molar-refractivity contribution in [3.63, 3.8) is 0 Å². The highest BCUT2D eigenvalue weighted by molar-refractivity contribution is 5.89. The lowest BCUT2D eigenvalue weighted by Gasteiger charge is -2.17.